The molecule has 0 saturated heterocycles. The number of oxazole rings is 1. The van der Waals surface area contributed by atoms with Crippen LogP contribution in [0.25, 0.3) is 22.1 Å². The molecule has 0 aliphatic carbocycles. The van der Waals surface area contributed by atoms with Gasteiger partial charge in [0.1, 0.15) is 5.75 Å². The SMILES string of the molecule is COc1cc(N[C@@H](C)CNC(=O)N[C@@H](C)c2cccc3ccccc23)ccc1-c1cnc(C)o1. The molecule has 7 nitrogen and oxygen atoms in total. The van der Waals surface area contributed by atoms with E-state index < -0.39 is 0 Å². The van der Waals surface area contributed by atoms with E-state index in [1.165, 1.54) is 0 Å². The number of hydrogen-bond acceptors (Lipinski definition) is 5. The third-order valence-corrected chi connectivity index (χ3v) is 5.71. The summed E-state index contributed by atoms with van der Waals surface area (Å²) in [5.41, 5.74) is 2.81. The quantitative estimate of drug-likeness (QED) is 0.316. The first kappa shape index (κ1) is 23.2. The molecule has 0 radical (unpaired) electrons. The van der Waals surface area contributed by atoms with Gasteiger partial charge in [0.2, 0.25) is 0 Å². The molecule has 0 fully saturated rings. The summed E-state index contributed by atoms with van der Waals surface area (Å²) in [5, 5.41) is 11.7. The predicted octanol–water partition coefficient (Wildman–Crippen LogP) is 5.67. The average molecular weight is 459 g/mol. The number of urea groups is 1. The molecule has 0 aliphatic heterocycles. The Morgan fingerprint density at radius 3 is 2.65 bits per heavy atom. The van der Waals surface area contributed by atoms with E-state index in [4.69, 9.17) is 9.15 Å². The number of benzene rings is 3. The van der Waals surface area contributed by atoms with Crippen LogP contribution in [0.15, 0.2) is 71.3 Å². The van der Waals surface area contributed by atoms with E-state index in [9.17, 15) is 4.79 Å². The van der Waals surface area contributed by atoms with Crippen LogP contribution in [0.5, 0.6) is 5.75 Å². The third-order valence-electron chi connectivity index (χ3n) is 5.71. The molecule has 4 rings (SSSR count). The van der Waals surface area contributed by atoms with Crippen LogP contribution in [0.4, 0.5) is 10.5 Å². The second-order valence-corrected chi connectivity index (χ2v) is 8.35. The van der Waals surface area contributed by atoms with Gasteiger partial charge in [0, 0.05) is 31.3 Å². The molecule has 2 amide bonds. The van der Waals surface area contributed by atoms with Gasteiger partial charge in [-0.05, 0) is 42.3 Å². The molecule has 176 valence electrons. The van der Waals surface area contributed by atoms with Crippen LogP contribution < -0.4 is 20.7 Å². The van der Waals surface area contributed by atoms with E-state index >= 15 is 0 Å². The highest BCUT2D eigenvalue weighted by atomic mass is 16.5. The standard InChI is InChI=1S/C27H30N4O3/c1-17(30-21-12-13-24(25(14-21)33-4)26-16-28-19(3)34-26)15-29-27(32)31-18(2)22-11-7-9-20-8-5-6-10-23(20)22/h5-14,16-18,30H,15H2,1-4H3,(H2,29,31,32)/t17-,18-/m0/s1. The van der Waals surface area contributed by atoms with Crippen molar-refractivity contribution in [3.63, 3.8) is 0 Å². The largest absolute Gasteiger partial charge is 0.496 e. The van der Waals surface area contributed by atoms with Crippen LogP contribution in [-0.2, 0) is 0 Å². The number of carbonyl (C=O) groups excluding carboxylic acids is 1. The van der Waals surface area contributed by atoms with E-state index in [2.05, 4.69) is 45.2 Å². The number of nitrogens with one attached hydrogen (secondary N) is 3. The van der Waals surface area contributed by atoms with E-state index in [1.54, 1.807) is 20.2 Å². The number of ether oxygens (including phenoxy) is 1. The lowest BCUT2D eigenvalue weighted by atomic mass is 10.00. The number of rotatable bonds is 8. The highest BCUT2D eigenvalue weighted by Crippen LogP contribution is 2.33. The van der Waals surface area contributed by atoms with Crippen molar-refractivity contribution in [1.82, 2.24) is 15.6 Å². The molecule has 4 aromatic rings. The normalized spacial score (nSPS) is 12.7. The van der Waals surface area contributed by atoms with Crippen LogP contribution in [0, 0.1) is 6.92 Å². The smallest absolute Gasteiger partial charge is 0.315 e. The minimum Gasteiger partial charge on any atom is -0.496 e. The minimum atomic E-state index is -0.206. The van der Waals surface area contributed by atoms with E-state index in [0.717, 1.165) is 27.6 Å². The van der Waals surface area contributed by atoms with Crippen LogP contribution in [0.1, 0.15) is 31.3 Å². The van der Waals surface area contributed by atoms with Crippen molar-refractivity contribution < 1.29 is 13.9 Å². The zero-order valence-corrected chi connectivity index (χ0v) is 19.9. The van der Waals surface area contributed by atoms with Gasteiger partial charge in [-0.25, -0.2) is 9.78 Å². The summed E-state index contributed by atoms with van der Waals surface area (Å²) in [6.07, 6.45) is 1.69. The van der Waals surface area contributed by atoms with Gasteiger partial charge in [0.25, 0.3) is 0 Å². The minimum absolute atomic E-state index is 0.00157. The van der Waals surface area contributed by atoms with Gasteiger partial charge in [-0.2, -0.15) is 0 Å². The molecule has 1 heterocycles. The summed E-state index contributed by atoms with van der Waals surface area (Å²) in [6.45, 7) is 6.26. The van der Waals surface area contributed by atoms with Gasteiger partial charge in [-0.3, -0.25) is 0 Å². The lowest BCUT2D eigenvalue weighted by Gasteiger charge is -2.20. The number of fused-ring (bicyclic) bond motifs is 1. The molecule has 0 bridgehead atoms. The van der Waals surface area contributed by atoms with Crippen LogP contribution in [0.3, 0.4) is 0 Å². The molecule has 7 heteroatoms. The Morgan fingerprint density at radius 1 is 1.09 bits per heavy atom. The Kier molecular flexibility index (Phi) is 7.01. The van der Waals surface area contributed by atoms with Crippen molar-refractivity contribution >= 4 is 22.5 Å². The molecular formula is C27H30N4O3. The van der Waals surface area contributed by atoms with Gasteiger partial charge in [0.15, 0.2) is 11.7 Å². The molecule has 34 heavy (non-hydrogen) atoms. The Labute approximate surface area is 199 Å². The number of aryl methyl sites for hydroxylation is 1. The number of amides is 2. The maximum absolute atomic E-state index is 12.5. The summed E-state index contributed by atoms with van der Waals surface area (Å²) >= 11 is 0. The zero-order chi connectivity index (χ0) is 24.1. The number of methoxy groups -OCH3 is 1. The third kappa shape index (κ3) is 5.31. The molecule has 3 N–H and O–H groups in total. The summed E-state index contributed by atoms with van der Waals surface area (Å²) < 4.78 is 11.2. The number of anilines is 1. The Hall–Kier alpha value is -4.00. The molecule has 3 aromatic carbocycles. The lowest BCUT2D eigenvalue weighted by Crippen LogP contribution is -2.41. The molecule has 0 spiro atoms. The van der Waals surface area contributed by atoms with Crippen LogP contribution >= 0.6 is 0 Å². The van der Waals surface area contributed by atoms with Crippen LogP contribution in [-0.4, -0.2) is 30.7 Å². The second-order valence-electron chi connectivity index (χ2n) is 8.35. The Morgan fingerprint density at radius 2 is 1.88 bits per heavy atom. The van der Waals surface area contributed by atoms with E-state index in [-0.39, 0.29) is 18.1 Å². The fraction of sp³-hybridized carbons (Fsp3) is 0.259. The average Bonchev–Trinajstić information content (AvgIpc) is 3.28. The van der Waals surface area contributed by atoms with Gasteiger partial charge in [-0.15, -0.1) is 0 Å². The predicted molar refractivity (Wildman–Crippen MR) is 135 cm³/mol. The van der Waals surface area contributed by atoms with Crippen molar-refractivity contribution in [2.24, 2.45) is 0 Å². The number of aromatic nitrogens is 1. The van der Waals surface area contributed by atoms with Crippen molar-refractivity contribution in [3.05, 3.63) is 78.3 Å². The molecular weight excluding hydrogens is 428 g/mol. The monoisotopic (exact) mass is 458 g/mol. The van der Waals surface area contributed by atoms with Crippen molar-refractivity contribution in [3.8, 4) is 17.1 Å². The topological polar surface area (TPSA) is 88.4 Å². The number of hydrogen-bond donors (Lipinski definition) is 3. The first-order valence-corrected chi connectivity index (χ1v) is 11.3. The zero-order valence-electron chi connectivity index (χ0n) is 19.9. The molecule has 0 unspecified atom stereocenters. The molecule has 0 aliphatic rings. The van der Waals surface area contributed by atoms with E-state index in [1.807, 2.05) is 50.2 Å². The van der Waals surface area contributed by atoms with Gasteiger partial charge in [0.05, 0.1) is 24.9 Å². The van der Waals surface area contributed by atoms with Crippen molar-refractivity contribution in [2.45, 2.75) is 32.9 Å². The Balaban J connectivity index is 1.33. The molecule has 1 aromatic heterocycles. The molecule has 2 atom stereocenters. The van der Waals surface area contributed by atoms with Gasteiger partial charge < -0.3 is 25.1 Å². The van der Waals surface area contributed by atoms with Crippen LogP contribution in [0.2, 0.25) is 0 Å². The summed E-state index contributed by atoms with van der Waals surface area (Å²) in [5.74, 6) is 1.95. The fourth-order valence-corrected chi connectivity index (χ4v) is 4.01. The first-order chi connectivity index (χ1) is 16.4. The highest BCUT2D eigenvalue weighted by molar-refractivity contribution is 5.86. The number of nitrogens with zero attached hydrogens (tertiary/aromatic N) is 1. The summed E-state index contributed by atoms with van der Waals surface area (Å²) in [7, 11) is 1.62. The molecule has 0 saturated carbocycles. The van der Waals surface area contributed by atoms with Crippen molar-refractivity contribution in [2.75, 3.05) is 19.0 Å². The van der Waals surface area contributed by atoms with Gasteiger partial charge >= 0.3 is 6.03 Å². The van der Waals surface area contributed by atoms with Crippen molar-refractivity contribution in [1.29, 1.82) is 0 Å². The lowest BCUT2D eigenvalue weighted by molar-refractivity contribution is 0.237. The van der Waals surface area contributed by atoms with E-state index in [0.29, 0.717) is 23.9 Å². The number of carbonyl (C=O) groups is 1. The maximum Gasteiger partial charge on any atom is 0.315 e. The van der Waals surface area contributed by atoms with Gasteiger partial charge in [-0.1, -0.05) is 42.5 Å². The summed E-state index contributed by atoms with van der Waals surface area (Å²) in [6, 6.07) is 19.8. The Bertz CT molecular complexity index is 1280. The second kappa shape index (κ2) is 10.3. The fourth-order valence-electron chi connectivity index (χ4n) is 4.01. The highest BCUT2D eigenvalue weighted by Gasteiger charge is 2.14. The first-order valence-electron chi connectivity index (χ1n) is 11.3. The summed E-state index contributed by atoms with van der Waals surface area (Å²) in [4.78, 5) is 16.7. The maximum atomic E-state index is 12.5.